The minimum atomic E-state index is -0.779. The first kappa shape index (κ1) is 19.8. The van der Waals surface area contributed by atoms with Crippen LogP contribution in [0, 0.1) is 0 Å². The molecule has 0 bridgehead atoms. The Morgan fingerprint density at radius 2 is 1.97 bits per heavy atom. The number of nitrogens with zero attached hydrogens (tertiary/aromatic N) is 1. The highest BCUT2D eigenvalue weighted by Gasteiger charge is 2.33. The van der Waals surface area contributed by atoms with Crippen LogP contribution in [0.5, 0.6) is 11.5 Å². The number of rotatable bonds is 2. The number of piperidine rings is 1. The average molecular weight is 412 g/mol. The fraction of sp³-hybridized carbons (Fsp3) is 0.286. The van der Waals surface area contributed by atoms with E-state index in [0.717, 1.165) is 6.07 Å². The molecule has 1 aliphatic rings. The maximum absolute atomic E-state index is 13.0. The second kappa shape index (κ2) is 7.41. The smallest absolute Gasteiger partial charge is 0.189 e. The molecular weight excluding hydrogens is 392 g/mol. The zero-order chi connectivity index (χ0) is 20.9. The zero-order valence-corrected chi connectivity index (χ0v) is 16.5. The number of β-amino-alcohol motifs (C(OH)–C–C–N with tert-alkyl or cyclic N) is 1. The molecule has 29 heavy (non-hydrogen) atoms. The van der Waals surface area contributed by atoms with Gasteiger partial charge in [0, 0.05) is 29.7 Å². The molecule has 2 aromatic carbocycles. The van der Waals surface area contributed by atoms with E-state index in [9.17, 15) is 20.1 Å². The number of benzene rings is 2. The lowest BCUT2D eigenvalue weighted by atomic mass is 9.84. The standard InChI is InChI=1S/C21H19BClNO5/c1-24-7-6-11(15(27)9-24)16-13(25)8-14(26)17-19(28)18(22)20(29-21(16)17)10-4-2-3-5-12(10)23/h2-5,8,11,15,25-27H,6-7,9H2,1H3. The van der Waals surface area contributed by atoms with E-state index in [1.54, 1.807) is 24.3 Å². The van der Waals surface area contributed by atoms with E-state index in [4.69, 9.17) is 23.9 Å². The van der Waals surface area contributed by atoms with Crippen molar-refractivity contribution in [3.05, 3.63) is 51.1 Å². The van der Waals surface area contributed by atoms with Crippen molar-refractivity contribution in [2.75, 3.05) is 20.1 Å². The molecule has 0 amide bonds. The zero-order valence-electron chi connectivity index (χ0n) is 15.7. The van der Waals surface area contributed by atoms with Crippen LogP contribution >= 0.6 is 11.6 Å². The van der Waals surface area contributed by atoms with Gasteiger partial charge in [0.25, 0.3) is 0 Å². The molecule has 1 fully saturated rings. The maximum Gasteiger partial charge on any atom is 0.189 e. The number of aromatic hydroxyl groups is 2. The van der Waals surface area contributed by atoms with Crippen LogP contribution in [-0.4, -0.2) is 54.3 Å². The highest BCUT2D eigenvalue weighted by Crippen LogP contribution is 2.42. The van der Waals surface area contributed by atoms with Crippen molar-refractivity contribution in [2.24, 2.45) is 0 Å². The van der Waals surface area contributed by atoms with Crippen LogP contribution in [0.1, 0.15) is 17.9 Å². The third-order valence-electron chi connectivity index (χ3n) is 5.47. The van der Waals surface area contributed by atoms with Crippen molar-refractivity contribution in [3.63, 3.8) is 0 Å². The predicted molar refractivity (Wildman–Crippen MR) is 113 cm³/mol. The molecule has 1 aromatic heterocycles. The van der Waals surface area contributed by atoms with Crippen molar-refractivity contribution in [3.8, 4) is 22.8 Å². The number of likely N-dealkylation sites (tertiary alicyclic amines) is 1. The van der Waals surface area contributed by atoms with Crippen molar-refractivity contribution < 1.29 is 19.7 Å². The van der Waals surface area contributed by atoms with Gasteiger partial charge in [-0.1, -0.05) is 23.7 Å². The Hall–Kier alpha value is -2.48. The predicted octanol–water partition coefficient (Wildman–Crippen LogP) is 2.10. The third kappa shape index (κ3) is 3.29. The maximum atomic E-state index is 13.0. The van der Waals surface area contributed by atoms with Crippen molar-refractivity contribution in [1.82, 2.24) is 4.90 Å². The number of phenols is 2. The van der Waals surface area contributed by atoms with E-state index in [0.29, 0.717) is 30.1 Å². The van der Waals surface area contributed by atoms with Gasteiger partial charge in [-0.15, -0.1) is 0 Å². The first-order valence-electron chi connectivity index (χ1n) is 9.22. The van der Waals surface area contributed by atoms with E-state index in [1.807, 2.05) is 11.9 Å². The van der Waals surface area contributed by atoms with Crippen molar-refractivity contribution in [1.29, 1.82) is 0 Å². The highest BCUT2D eigenvalue weighted by atomic mass is 35.5. The highest BCUT2D eigenvalue weighted by molar-refractivity contribution is 6.38. The van der Waals surface area contributed by atoms with Gasteiger partial charge in [0.2, 0.25) is 0 Å². The first-order chi connectivity index (χ1) is 13.8. The van der Waals surface area contributed by atoms with Gasteiger partial charge in [0.15, 0.2) is 5.43 Å². The Bertz CT molecular complexity index is 1160. The quantitative estimate of drug-likeness (QED) is 0.559. The molecule has 0 saturated carbocycles. The molecule has 2 radical (unpaired) electrons. The van der Waals surface area contributed by atoms with Gasteiger partial charge in [0.05, 0.1) is 11.1 Å². The number of halogens is 1. The van der Waals surface area contributed by atoms with E-state index >= 15 is 0 Å². The summed E-state index contributed by atoms with van der Waals surface area (Å²) in [6.07, 6.45) is -0.236. The van der Waals surface area contributed by atoms with Crippen LogP contribution in [0.25, 0.3) is 22.3 Å². The lowest BCUT2D eigenvalue weighted by molar-refractivity contribution is 0.0631. The summed E-state index contributed by atoms with van der Waals surface area (Å²) in [5.74, 6) is -1.10. The molecule has 2 unspecified atom stereocenters. The number of aliphatic hydroxyl groups is 1. The topological polar surface area (TPSA) is 94.1 Å². The Morgan fingerprint density at radius 3 is 2.66 bits per heavy atom. The third-order valence-corrected chi connectivity index (χ3v) is 5.80. The molecule has 4 rings (SSSR count). The molecule has 3 N–H and O–H groups in total. The summed E-state index contributed by atoms with van der Waals surface area (Å²) in [4.78, 5) is 15.0. The van der Waals surface area contributed by atoms with Gasteiger partial charge in [-0.3, -0.25) is 4.79 Å². The second-order valence-corrected chi connectivity index (χ2v) is 7.82. The Kier molecular flexibility index (Phi) is 5.06. The molecule has 2 atom stereocenters. The number of phenolic OH excluding ortho intramolecular Hbond substituents is 2. The van der Waals surface area contributed by atoms with Crippen LogP contribution in [0.4, 0.5) is 0 Å². The summed E-state index contributed by atoms with van der Waals surface area (Å²) in [5, 5.41) is 31.8. The first-order valence-corrected chi connectivity index (χ1v) is 9.60. The average Bonchev–Trinajstić information content (AvgIpc) is 2.66. The molecule has 1 aliphatic heterocycles. The number of hydrogen-bond acceptors (Lipinski definition) is 6. The van der Waals surface area contributed by atoms with Gasteiger partial charge in [-0.2, -0.15) is 0 Å². The van der Waals surface area contributed by atoms with Crippen LogP contribution in [0.2, 0.25) is 5.02 Å². The molecular formula is C21H19BClNO5. The lowest BCUT2D eigenvalue weighted by Crippen LogP contribution is -2.40. The van der Waals surface area contributed by atoms with Crippen molar-refractivity contribution in [2.45, 2.75) is 18.4 Å². The molecule has 6 nitrogen and oxygen atoms in total. The minimum Gasteiger partial charge on any atom is -0.507 e. The monoisotopic (exact) mass is 411 g/mol. The minimum absolute atomic E-state index is 0.00484. The Labute approximate surface area is 173 Å². The lowest BCUT2D eigenvalue weighted by Gasteiger charge is -2.34. The van der Waals surface area contributed by atoms with Gasteiger partial charge in [0.1, 0.15) is 36.1 Å². The largest absolute Gasteiger partial charge is 0.507 e. The summed E-state index contributed by atoms with van der Waals surface area (Å²) >= 11 is 6.26. The number of aliphatic hydroxyl groups excluding tert-OH is 1. The fourth-order valence-electron chi connectivity index (χ4n) is 4.00. The van der Waals surface area contributed by atoms with Crippen molar-refractivity contribution >= 4 is 35.9 Å². The van der Waals surface area contributed by atoms with Crippen LogP contribution in [-0.2, 0) is 0 Å². The Morgan fingerprint density at radius 1 is 1.24 bits per heavy atom. The van der Waals surface area contributed by atoms with E-state index in [-0.39, 0.29) is 33.5 Å². The SMILES string of the molecule is [B]c1c(-c2ccccc2Cl)oc2c(C3CCN(C)CC3O)c(O)cc(O)c2c1=O. The van der Waals surface area contributed by atoms with Crippen LogP contribution < -0.4 is 10.9 Å². The normalized spacial score (nSPS) is 20.2. The Balaban J connectivity index is 2.05. The summed E-state index contributed by atoms with van der Waals surface area (Å²) in [7, 11) is 7.93. The number of likely N-dealkylation sites (N-methyl/N-ethyl adjacent to an activating group) is 1. The second-order valence-electron chi connectivity index (χ2n) is 7.41. The van der Waals surface area contributed by atoms with Crippen LogP contribution in [0.15, 0.2) is 39.5 Å². The van der Waals surface area contributed by atoms with Gasteiger partial charge < -0.3 is 24.6 Å². The molecule has 148 valence electrons. The molecule has 0 spiro atoms. The van der Waals surface area contributed by atoms with E-state index in [1.165, 1.54) is 0 Å². The van der Waals surface area contributed by atoms with Gasteiger partial charge in [-0.05, 0) is 37.6 Å². The molecule has 2 heterocycles. The summed E-state index contributed by atoms with van der Waals surface area (Å²) in [6.45, 7) is 1.10. The molecule has 3 aromatic rings. The molecule has 8 heteroatoms. The number of fused-ring (bicyclic) bond motifs is 1. The summed E-state index contributed by atoms with van der Waals surface area (Å²) in [5.41, 5.74) is -0.110. The van der Waals surface area contributed by atoms with Crippen LogP contribution in [0.3, 0.4) is 0 Å². The fourth-order valence-corrected chi connectivity index (χ4v) is 4.22. The summed E-state index contributed by atoms with van der Waals surface area (Å²) < 4.78 is 6.01. The van der Waals surface area contributed by atoms with Gasteiger partial charge >= 0.3 is 0 Å². The molecule has 0 aliphatic carbocycles. The summed E-state index contributed by atoms with van der Waals surface area (Å²) in [6, 6.07) is 7.86. The van der Waals surface area contributed by atoms with Gasteiger partial charge in [-0.25, -0.2) is 0 Å². The van der Waals surface area contributed by atoms with E-state index in [2.05, 4.69) is 0 Å². The molecule has 1 saturated heterocycles. The number of hydrogen-bond donors (Lipinski definition) is 3. The van der Waals surface area contributed by atoms with E-state index < -0.39 is 23.2 Å².